The summed E-state index contributed by atoms with van der Waals surface area (Å²) in [6.45, 7) is 6.68. The summed E-state index contributed by atoms with van der Waals surface area (Å²) in [7, 11) is 0. The molecule has 0 aromatic heterocycles. The topological polar surface area (TPSA) is 76.7 Å². The predicted molar refractivity (Wildman–Crippen MR) is 105 cm³/mol. The molecule has 0 saturated heterocycles. The van der Waals surface area contributed by atoms with Crippen LogP contribution in [0, 0.1) is 13.8 Å². The first kappa shape index (κ1) is 20.3. The summed E-state index contributed by atoms with van der Waals surface area (Å²) in [5.74, 6) is 1.07. The van der Waals surface area contributed by atoms with Crippen molar-refractivity contribution in [3.05, 3.63) is 53.6 Å². The Balaban J connectivity index is 1.75. The number of nitrogens with one attached hydrogen (secondary N) is 2. The minimum atomic E-state index is -0.168. The third-order valence-corrected chi connectivity index (χ3v) is 3.81. The van der Waals surface area contributed by atoms with Crippen LogP contribution in [-0.2, 0) is 9.59 Å². The predicted octanol–water partition coefficient (Wildman–Crippen LogP) is 3.23. The summed E-state index contributed by atoms with van der Waals surface area (Å²) in [5, 5.41) is 5.47. The van der Waals surface area contributed by atoms with Gasteiger partial charge < -0.3 is 20.1 Å². The van der Waals surface area contributed by atoms with Crippen molar-refractivity contribution in [2.24, 2.45) is 0 Å². The Hall–Kier alpha value is -3.02. The third kappa shape index (κ3) is 7.01. The number of hydrogen-bond donors (Lipinski definition) is 2. The van der Waals surface area contributed by atoms with Gasteiger partial charge in [0.05, 0.1) is 13.0 Å². The molecule has 0 heterocycles. The number of benzene rings is 2. The van der Waals surface area contributed by atoms with E-state index in [0.717, 1.165) is 16.9 Å². The number of aryl methyl sites for hydroxylation is 2. The molecule has 0 unspecified atom stereocenters. The highest BCUT2D eigenvalue weighted by Crippen LogP contribution is 2.19. The molecule has 0 spiro atoms. The number of ether oxygens (including phenoxy) is 2. The molecule has 2 N–H and O–H groups in total. The van der Waals surface area contributed by atoms with Crippen molar-refractivity contribution < 1.29 is 19.1 Å². The molecule has 0 fully saturated rings. The Kier molecular flexibility index (Phi) is 7.67. The minimum absolute atomic E-state index is 0.0325. The third-order valence-electron chi connectivity index (χ3n) is 3.81. The highest BCUT2D eigenvalue weighted by Gasteiger charge is 2.06. The lowest BCUT2D eigenvalue weighted by molar-refractivity contribution is -0.123. The molecule has 27 heavy (non-hydrogen) atoms. The molecule has 144 valence electrons. The van der Waals surface area contributed by atoms with Crippen molar-refractivity contribution >= 4 is 17.5 Å². The van der Waals surface area contributed by atoms with Crippen molar-refractivity contribution in [1.29, 1.82) is 0 Å². The van der Waals surface area contributed by atoms with Gasteiger partial charge in [-0.25, -0.2) is 0 Å². The van der Waals surface area contributed by atoms with E-state index in [9.17, 15) is 9.59 Å². The van der Waals surface area contributed by atoms with Gasteiger partial charge in [-0.15, -0.1) is 0 Å². The van der Waals surface area contributed by atoms with Crippen molar-refractivity contribution in [3.8, 4) is 11.5 Å². The lowest BCUT2D eigenvalue weighted by Crippen LogP contribution is -2.28. The molecule has 0 saturated carbocycles. The van der Waals surface area contributed by atoms with Crippen LogP contribution in [0.15, 0.2) is 42.5 Å². The fourth-order valence-electron chi connectivity index (χ4n) is 2.37. The second-order valence-corrected chi connectivity index (χ2v) is 6.18. The Morgan fingerprint density at radius 1 is 0.963 bits per heavy atom. The van der Waals surface area contributed by atoms with Crippen LogP contribution in [0.1, 0.15) is 24.5 Å². The summed E-state index contributed by atoms with van der Waals surface area (Å²) >= 11 is 0. The van der Waals surface area contributed by atoms with Crippen LogP contribution in [-0.4, -0.2) is 31.6 Å². The van der Waals surface area contributed by atoms with Gasteiger partial charge in [0.2, 0.25) is 5.91 Å². The van der Waals surface area contributed by atoms with Gasteiger partial charge in [-0.1, -0.05) is 12.1 Å². The van der Waals surface area contributed by atoms with Crippen LogP contribution in [0.5, 0.6) is 11.5 Å². The largest absolute Gasteiger partial charge is 0.493 e. The fourth-order valence-corrected chi connectivity index (χ4v) is 2.37. The lowest BCUT2D eigenvalue weighted by Gasteiger charge is -2.11. The molecule has 0 aliphatic carbocycles. The molecule has 2 rings (SSSR count). The van der Waals surface area contributed by atoms with Gasteiger partial charge in [0.15, 0.2) is 6.61 Å². The summed E-state index contributed by atoms with van der Waals surface area (Å²) < 4.78 is 11.1. The summed E-state index contributed by atoms with van der Waals surface area (Å²) in [6.07, 6.45) is 0.253. The first-order valence-electron chi connectivity index (χ1n) is 8.97. The van der Waals surface area contributed by atoms with Gasteiger partial charge in [-0.3, -0.25) is 9.59 Å². The zero-order valence-corrected chi connectivity index (χ0v) is 16.0. The van der Waals surface area contributed by atoms with Crippen LogP contribution in [0.2, 0.25) is 0 Å². The number of rotatable bonds is 9. The van der Waals surface area contributed by atoms with Crippen LogP contribution in [0.25, 0.3) is 0 Å². The minimum Gasteiger partial charge on any atom is -0.493 e. The van der Waals surface area contributed by atoms with Gasteiger partial charge in [0.25, 0.3) is 5.91 Å². The van der Waals surface area contributed by atoms with E-state index in [1.165, 1.54) is 0 Å². The van der Waals surface area contributed by atoms with Crippen molar-refractivity contribution in [2.75, 3.05) is 25.1 Å². The average molecular weight is 370 g/mol. The monoisotopic (exact) mass is 370 g/mol. The number of amides is 2. The van der Waals surface area contributed by atoms with Gasteiger partial charge in [-0.05, 0) is 62.2 Å². The zero-order valence-electron chi connectivity index (χ0n) is 16.0. The maximum absolute atomic E-state index is 12.1. The van der Waals surface area contributed by atoms with Crippen molar-refractivity contribution in [2.45, 2.75) is 27.2 Å². The van der Waals surface area contributed by atoms with Gasteiger partial charge >= 0.3 is 0 Å². The Labute approximate surface area is 159 Å². The molecular weight excluding hydrogens is 344 g/mol. The number of anilines is 1. The maximum atomic E-state index is 12.1. The van der Waals surface area contributed by atoms with Crippen LogP contribution < -0.4 is 20.1 Å². The lowest BCUT2D eigenvalue weighted by atomic mass is 10.1. The molecule has 0 bridgehead atoms. The Bertz CT molecular complexity index is 772. The normalized spacial score (nSPS) is 10.2. The van der Waals surface area contributed by atoms with Crippen LogP contribution in [0.4, 0.5) is 5.69 Å². The SMILES string of the molecule is CCNC(=O)COc1ccc(NC(=O)CCOc2cc(C)ccc2C)cc1. The molecule has 6 heteroatoms. The van der Waals surface area contributed by atoms with Gasteiger partial charge in [0, 0.05) is 12.2 Å². The zero-order chi connectivity index (χ0) is 19.6. The first-order valence-corrected chi connectivity index (χ1v) is 8.97. The highest BCUT2D eigenvalue weighted by molar-refractivity contribution is 5.90. The van der Waals surface area contributed by atoms with E-state index in [2.05, 4.69) is 10.6 Å². The van der Waals surface area contributed by atoms with E-state index in [0.29, 0.717) is 24.6 Å². The summed E-state index contributed by atoms with van der Waals surface area (Å²) in [6, 6.07) is 12.9. The molecule has 6 nitrogen and oxygen atoms in total. The molecule has 0 aliphatic heterocycles. The Morgan fingerprint density at radius 3 is 2.41 bits per heavy atom. The smallest absolute Gasteiger partial charge is 0.257 e. The van der Waals surface area contributed by atoms with Crippen LogP contribution in [0.3, 0.4) is 0 Å². The van der Waals surface area contributed by atoms with E-state index in [4.69, 9.17) is 9.47 Å². The molecule has 0 aliphatic rings. The van der Waals surface area contributed by atoms with E-state index in [-0.39, 0.29) is 24.8 Å². The van der Waals surface area contributed by atoms with E-state index in [1.807, 2.05) is 39.0 Å². The number of carbonyl (C=O) groups is 2. The molecule has 2 aromatic rings. The van der Waals surface area contributed by atoms with Crippen molar-refractivity contribution in [3.63, 3.8) is 0 Å². The van der Waals surface area contributed by atoms with Gasteiger partial charge in [0.1, 0.15) is 11.5 Å². The second-order valence-electron chi connectivity index (χ2n) is 6.18. The van der Waals surface area contributed by atoms with Gasteiger partial charge in [-0.2, -0.15) is 0 Å². The number of carbonyl (C=O) groups excluding carboxylic acids is 2. The average Bonchev–Trinajstić information content (AvgIpc) is 2.64. The van der Waals surface area contributed by atoms with E-state index in [1.54, 1.807) is 24.3 Å². The molecule has 0 radical (unpaired) electrons. The van der Waals surface area contributed by atoms with Crippen LogP contribution >= 0.6 is 0 Å². The summed E-state index contributed by atoms with van der Waals surface area (Å²) in [4.78, 5) is 23.4. The molecule has 2 aromatic carbocycles. The second kappa shape index (κ2) is 10.2. The molecule has 2 amide bonds. The van der Waals surface area contributed by atoms with E-state index >= 15 is 0 Å². The van der Waals surface area contributed by atoms with Crippen molar-refractivity contribution in [1.82, 2.24) is 5.32 Å². The highest BCUT2D eigenvalue weighted by atomic mass is 16.5. The summed E-state index contributed by atoms with van der Waals surface area (Å²) in [5.41, 5.74) is 2.83. The Morgan fingerprint density at radius 2 is 1.70 bits per heavy atom. The standard InChI is InChI=1S/C21H26N2O4/c1-4-22-21(25)14-27-18-9-7-17(8-10-18)23-20(24)11-12-26-19-13-15(2)5-6-16(19)3/h5-10,13H,4,11-12,14H2,1-3H3,(H,22,25)(H,23,24). The maximum Gasteiger partial charge on any atom is 0.257 e. The number of hydrogen-bond acceptors (Lipinski definition) is 4. The van der Waals surface area contributed by atoms with E-state index < -0.39 is 0 Å². The first-order chi connectivity index (χ1) is 13.0. The quantitative estimate of drug-likeness (QED) is 0.711. The molecular formula is C21H26N2O4. The molecule has 0 atom stereocenters. The fraction of sp³-hybridized carbons (Fsp3) is 0.333. The number of likely N-dealkylation sites (N-methyl/N-ethyl adjacent to an activating group) is 1.